The molecule has 3 unspecified atom stereocenters. The Morgan fingerprint density at radius 1 is 1.15 bits per heavy atom. The molecule has 2 aliphatic carbocycles. The molecule has 7 nitrogen and oxygen atoms in total. The first kappa shape index (κ1) is 38.5. The summed E-state index contributed by atoms with van der Waals surface area (Å²) < 4.78 is 15.5. The van der Waals surface area contributed by atoms with Crippen LogP contribution in [0.5, 0.6) is 5.75 Å². The van der Waals surface area contributed by atoms with Crippen molar-refractivity contribution in [2.75, 3.05) is 37.7 Å². The second-order valence-corrected chi connectivity index (χ2v) is 15.9. The van der Waals surface area contributed by atoms with Crippen LogP contribution >= 0.6 is 23.5 Å². The van der Waals surface area contributed by atoms with E-state index < -0.39 is 11.0 Å². The zero-order valence-corrected chi connectivity index (χ0v) is 32.1. The SMILES string of the molecule is CCCc1cc(Cl)ccc1C1COc2ccc3cc2N(C1)CC1CCC1/C=C/CN(C(=O)OC(C)(C)C)CC1(CCC1)C(=O)NS3.[CH3-].[V]. The Morgan fingerprint density at radius 2 is 1.94 bits per heavy atom. The van der Waals surface area contributed by atoms with E-state index >= 15 is 0 Å². The molecule has 2 aliphatic heterocycles. The first-order chi connectivity index (χ1) is 22.0. The van der Waals surface area contributed by atoms with Gasteiger partial charge in [-0.15, -0.1) is 0 Å². The van der Waals surface area contributed by atoms with Gasteiger partial charge in [0.2, 0.25) is 5.91 Å². The molecule has 3 atom stereocenters. The van der Waals surface area contributed by atoms with Crippen LogP contribution in [0, 0.1) is 24.7 Å². The number of anilines is 1. The summed E-state index contributed by atoms with van der Waals surface area (Å²) in [4.78, 5) is 32.3. The third kappa shape index (κ3) is 8.72. The van der Waals surface area contributed by atoms with Gasteiger partial charge in [0.05, 0.1) is 17.7 Å². The maximum Gasteiger partial charge on any atom is 0.410 e. The summed E-state index contributed by atoms with van der Waals surface area (Å²) in [5.74, 6) is 1.99. The Kier molecular flexibility index (Phi) is 13.0. The van der Waals surface area contributed by atoms with Crippen molar-refractivity contribution in [2.45, 2.75) is 89.1 Å². The van der Waals surface area contributed by atoms with E-state index in [-0.39, 0.29) is 43.9 Å². The zero-order chi connectivity index (χ0) is 32.5. The van der Waals surface area contributed by atoms with Crippen LogP contribution < -0.4 is 14.4 Å². The maximum absolute atomic E-state index is 13.8. The van der Waals surface area contributed by atoms with E-state index in [1.54, 1.807) is 4.90 Å². The van der Waals surface area contributed by atoms with Crippen LogP contribution in [0.1, 0.15) is 83.3 Å². The minimum Gasteiger partial charge on any atom is -0.491 e. The Balaban J connectivity index is 0.00000260. The predicted octanol–water partition coefficient (Wildman–Crippen LogP) is 8.85. The molecular formula is C38H51ClN3O4SV-. The number of allylic oxidation sites excluding steroid dienone is 1. The molecule has 10 heteroatoms. The van der Waals surface area contributed by atoms with Crippen LogP contribution in [0.2, 0.25) is 5.02 Å². The summed E-state index contributed by atoms with van der Waals surface area (Å²) in [6.45, 7) is 11.0. The molecule has 6 rings (SSSR count). The molecule has 2 amide bonds. The van der Waals surface area contributed by atoms with Crippen molar-refractivity contribution in [3.05, 3.63) is 72.1 Å². The van der Waals surface area contributed by atoms with Gasteiger partial charge in [0.15, 0.2) is 0 Å². The van der Waals surface area contributed by atoms with Crippen LogP contribution in [-0.4, -0.2) is 55.3 Å². The molecule has 2 heterocycles. The van der Waals surface area contributed by atoms with Crippen molar-refractivity contribution >= 4 is 41.2 Å². The van der Waals surface area contributed by atoms with E-state index in [0.717, 1.165) is 79.4 Å². The summed E-state index contributed by atoms with van der Waals surface area (Å²) in [5, 5.41) is 0.775. The van der Waals surface area contributed by atoms with Gasteiger partial charge in [-0.25, -0.2) is 4.79 Å². The Labute approximate surface area is 308 Å². The number of benzene rings is 2. The van der Waals surface area contributed by atoms with Crippen molar-refractivity contribution in [3.63, 3.8) is 0 Å². The first-order valence-electron chi connectivity index (χ1n) is 17.0. The van der Waals surface area contributed by atoms with E-state index in [1.807, 2.05) is 32.9 Å². The smallest absolute Gasteiger partial charge is 0.410 e. The number of carbonyl (C=O) groups is 2. The van der Waals surface area contributed by atoms with Crippen LogP contribution in [0.4, 0.5) is 10.5 Å². The fourth-order valence-corrected chi connectivity index (χ4v) is 8.18. The number of ether oxygens (including phenoxy) is 2. The third-order valence-corrected chi connectivity index (χ3v) is 11.1. The molecule has 0 aromatic heterocycles. The summed E-state index contributed by atoms with van der Waals surface area (Å²) in [5.41, 5.74) is 2.47. The van der Waals surface area contributed by atoms with Gasteiger partial charge in [0, 0.05) is 60.6 Å². The quantitative estimate of drug-likeness (QED) is 0.193. The van der Waals surface area contributed by atoms with Gasteiger partial charge in [0.25, 0.3) is 0 Å². The molecule has 2 aromatic rings. The molecule has 261 valence electrons. The number of nitrogens with one attached hydrogen (secondary N) is 1. The molecule has 1 spiro atoms. The summed E-state index contributed by atoms with van der Waals surface area (Å²) in [7, 11) is 0. The minimum atomic E-state index is -0.614. The largest absolute Gasteiger partial charge is 0.491 e. The molecule has 1 N–H and O–H groups in total. The number of carbonyl (C=O) groups excluding carboxylic acids is 2. The van der Waals surface area contributed by atoms with Crippen LogP contribution in [0.3, 0.4) is 0 Å². The predicted molar refractivity (Wildman–Crippen MR) is 192 cm³/mol. The maximum atomic E-state index is 13.8. The van der Waals surface area contributed by atoms with Gasteiger partial charge < -0.3 is 26.7 Å². The number of nitrogens with zero attached hydrogens (tertiary/aromatic N) is 2. The number of rotatable bonds is 3. The minimum absolute atomic E-state index is 0. The Morgan fingerprint density at radius 3 is 2.60 bits per heavy atom. The number of fused-ring (bicyclic) bond motifs is 2. The van der Waals surface area contributed by atoms with Crippen LogP contribution in [0.15, 0.2) is 53.4 Å². The first-order valence-corrected chi connectivity index (χ1v) is 18.1. The molecule has 48 heavy (non-hydrogen) atoms. The molecule has 2 fully saturated rings. The molecule has 4 aliphatic rings. The van der Waals surface area contributed by atoms with Crippen molar-refractivity contribution < 1.29 is 37.6 Å². The van der Waals surface area contributed by atoms with Crippen molar-refractivity contribution in [3.8, 4) is 5.75 Å². The average molecular weight is 732 g/mol. The third-order valence-electron chi connectivity index (χ3n) is 10.1. The summed E-state index contributed by atoms with van der Waals surface area (Å²) in [6, 6.07) is 12.6. The zero-order valence-electron chi connectivity index (χ0n) is 29.1. The Bertz CT molecular complexity index is 1480. The van der Waals surface area contributed by atoms with E-state index in [0.29, 0.717) is 31.5 Å². The van der Waals surface area contributed by atoms with Gasteiger partial charge >= 0.3 is 6.09 Å². The van der Waals surface area contributed by atoms with Crippen LogP contribution in [-0.2, 0) is 34.5 Å². The summed E-state index contributed by atoms with van der Waals surface area (Å²) >= 11 is 7.79. The van der Waals surface area contributed by atoms with E-state index in [2.05, 4.69) is 53.0 Å². The van der Waals surface area contributed by atoms with Crippen molar-refractivity contribution in [1.82, 2.24) is 9.62 Å². The molecule has 2 aromatic carbocycles. The van der Waals surface area contributed by atoms with Crippen molar-refractivity contribution in [2.24, 2.45) is 17.3 Å². The van der Waals surface area contributed by atoms with Gasteiger partial charge in [-0.05, 0) is 118 Å². The number of aryl methyl sites for hydroxylation is 1. The van der Waals surface area contributed by atoms with E-state index in [4.69, 9.17) is 21.1 Å². The molecular weight excluding hydrogens is 681 g/mol. The van der Waals surface area contributed by atoms with Gasteiger partial charge in [-0.3, -0.25) is 9.52 Å². The Hall–Kier alpha value is -2.26. The van der Waals surface area contributed by atoms with Gasteiger partial charge in [-0.2, -0.15) is 0 Å². The fourth-order valence-electron chi connectivity index (χ4n) is 7.25. The average Bonchev–Trinajstić information content (AvgIpc) is 3.15. The van der Waals surface area contributed by atoms with E-state index in [9.17, 15) is 9.59 Å². The number of amides is 2. The second-order valence-electron chi connectivity index (χ2n) is 14.6. The molecule has 2 bridgehead atoms. The number of halogens is 1. The molecule has 0 saturated heterocycles. The number of hydrogen-bond donors (Lipinski definition) is 1. The van der Waals surface area contributed by atoms with Gasteiger partial charge in [-0.1, -0.05) is 49.6 Å². The monoisotopic (exact) mass is 731 g/mol. The van der Waals surface area contributed by atoms with Crippen LogP contribution in [0.25, 0.3) is 0 Å². The molecule has 1 radical (unpaired) electrons. The number of hydrogen-bond acceptors (Lipinski definition) is 6. The van der Waals surface area contributed by atoms with E-state index in [1.165, 1.54) is 23.1 Å². The van der Waals surface area contributed by atoms with Crippen molar-refractivity contribution in [1.29, 1.82) is 0 Å². The topological polar surface area (TPSA) is 71.1 Å². The normalized spacial score (nSPS) is 24.2. The fraction of sp³-hybridized carbons (Fsp3) is 0.553. The molecule has 2 saturated carbocycles. The van der Waals surface area contributed by atoms with Gasteiger partial charge in [0.1, 0.15) is 11.4 Å². The second kappa shape index (κ2) is 16.2. The summed E-state index contributed by atoms with van der Waals surface area (Å²) in [6.07, 6.45) is 10.9. The standard InChI is InChI=1S/C37H48ClN3O4S.CH3.V/c1-5-8-26-19-29(38)12-14-31(26)28-22-41-21-27-11-10-25(27)9-6-18-40(35(43)45-36(2,3)4)24-37(16-7-17-37)34(42)39-46-30-13-15-33(44-23-28)32(41)20-30;;/h6,9,12-15,19-20,25,27-28H,5,7-8,10-11,16-18,21-24H2,1-4H3,(H,39,42);1H3;/q;-1;/b9-6+;;.